The van der Waals surface area contributed by atoms with Crippen molar-refractivity contribution in [2.45, 2.75) is 44.8 Å². The Kier molecular flexibility index (Phi) is 7.52. The van der Waals surface area contributed by atoms with E-state index < -0.39 is 0 Å². The molecule has 0 spiro atoms. The van der Waals surface area contributed by atoms with Crippen LogP contribution in [0.1, 0.15) is 41.1 Å². The molecule has 0 aliphatic heterocycles. The third kappa shape index (κ3) is 5.53. The highest BCUT2D eigenvalue weighted by atomic mass is 32.2. The maximum Gasteiger partial charge on any atom is 0.259 e. The summed E-state index contributed by atoms with van der Waals surface area (Å²) in [5.41, 5.74) is 2.38. The summed E-state index contributed by atoms with van der Waals surface area (Å²) in [6.07, 6.45) is 4.84. The molecule has 1 aromatic carbocycles. The number of likely N-dealkylation sites (N-methyl/N-ethyl adjacent to an activating group) is 1. The van der Waals surface area contributed by atoms with Crippen molar-refractivity contribution in [3.8, 4) is 5.75 Å². The van der Waals surface area contributed by atoms with E-state index in [0.29, 0.717) is 36.9 Å². The number of carbonyl (C=O) groups is 1. The zero-order chi connectivity index (χ0) is 22.5. The Morgan fingerprint density at radius 3 is 2.84 bits per heavy atom. The minimum atomic E-state index is -0.0191. The fourth-order valence-corrected chi connectivity index (χ4v) is 5.93. The number of nitrogens with one attached hydrogen (secondary N) is 1. The van der Waals surface area contributed by atoms with E-state index in [1.165, 1.54) is 22.4 Å². The Hall–Kier alpha value is -2.32. The van der Waals surface area contributed by atoms with Gasteiger partial charge in [0.25, 0.3) is 5.56 Å². The van der Waals surface area contributed by atoms with E-state index in [-0.39, 0.29) is 11.5 Å². The molecule has 0 radical (unpaired) electrons. The van der Waals surface area contributed by atoms with Gasteiger partial charge in [-0.1, -0.05) is 17.7 Å². The number of benzene rings is 1. The van der Waals surface area contributed by atoms with E-state index >= 15 is 0 Å². The number of aromatic nitrogens is 2. The van der Waals surface area contributed by atoms with E-state index in [1.807, 2.05) is 31.2 Å². The number of ether oxygens (including phenoxy) is 1. The second-order valence-electron chi connectivity index (χ2n) is 8.18. The highest BCUT2D eigenvalue weighted by Gasteiger charge is 2.19. The lowest BCUT2D eigenvalue weighted by Crippen LogP contribution is -2.31. The topological polar surface area (TPSA) is 75.3 Å². The maximum absolute atomic E-state index is 12.6. The summed E-state index contributed by atoms with van der Waals surface area (Å²) in [5.74, 6) is 2.88. The first kappa shape index (κ1) is 22.9. The molecule has 0 saturated heterocycles. The zero-order valence-electron chi connectivity index (χ0n) is 18.6. The summed E-state index contributed by atoms with van der Waals surface area (Å²) < 4.78 is 5.70. The number of amides is 1. The molecule has 2 aromatic heterocycles. The Bertz CT molecular complexity index is 1140. The van der Waals surface area contributed by atoms with Crippen LogP contribution in [0.3, 0.4) is 0 Å². The van der Waals surface area contributed by atoms with E-state index in [2.05, 4.69) is 4.98 Å². The number of aryl methyl sites for hydroxylation is 3. The van der Waals surface area contributed by atoms with E-state index in [0.717, 1.165) is 35.2 Å². The first-order valence-electron chi connectivity index (χ1n) is 11.1. The van der Waals surface area contributed by atoms with Gasteiger partial charge >= 0.3 is 0 Å². The van der Waals surface area contributed by atoms with Crippen LogP contribution in [0.4, 0.5) is 0 Å². The molecule has 6 nitrogen and oxygen atoms in total. The standard InChI is InChI=1S/C24H29N3O3S2/c1-16-7-9-17(10-8-16)30-13-12-27(2)21(28)11-14-31-15-20-25-23(29)22-18-5-3-4-6-19(18)32-24(22)26-20/h7-10H,3-6,11-15H2,1-2H3,(H,25,26,29). The van der Waals surface area contributed by atoms with Crippen LogP contribution >= 0.6 is 23.1 Å². The summed E-state index contributed by atoms with van der Waals surface area (Å²) in [5, 5.41) is 0.795. The van der Waals surface area contributed by atoms with Gasteiger partial charge in [-0.15, -0.1) is 11.3 Å². The average Bonchev–Trinajstić information content (AvgIpc) is 3.16. The number of H-pyrrole nitrogens is 1. The Balaban J connectivity index is 1.21. The summed E-state index contributed by atoms with van der Waals surface area (Å²) >= 11 is 3.29. The van der Waals surface area contributed by atoms with Crippen LogP contribution in [0.15, 0.2) is 29.1 Å². The predicted molar refractivity (Wildman–Crippen MR) is 132 cm³/mol. The molecule has 0 atom stereocenters. The molecular weight excluding hydrogens is 442 g/mol. The van der Waals surface area contributed by atoms with E-state index in [9.17, 15) is 9.59 Å². The summed E-state index contributed by atoms with van der Waals surface area (Å²) in [6.45, 7) is 3.05. The lowest BCUT2D eigenvalue weighted by molar-refractivity contribution is -0.129. The number of carbonyl (C=O) groups excluding carboxylic acids is 1. The second-order valence-corrected chi connectivity index (χ2v) is 10.4. The number of hydrogen-bond donors (Lipinski definition) is 1. The molecule has 0 fully saturated rings. The van der Waals surface area contributed by atoms with Crippen LogP contribution in [0, 0.1) is 6.92 Å². The fraction of sp³-hybridized carbons (Fsp3) is 0.458. The van der Waals surface area contributed by atoms with Crippen LogP contribution in [-0.4, -0.2) is 46.7 Å². The monoisotopic (exact) mass is 471 g/mol. The van der Waals surface area contributed by atoms with Gasteiger partial charge in [0.2, 0.25) is 5.91 Å². The van der Waals surface area contributed by atoms with Crippen molar-refractivity contribution in [3.63, 3.8) is 0 Å². The molecule has 1 aliphatic carbocycles. The number of aromatic amines is 1. The van der Waals surface area contributed by atoms with Gasteiger partial charge in [0.15, 0.2) is 0 Å². The van der Waals surface area contributed by atoms with Gasteiger partial charge < -0.3 is 14.6 Å². The first-order chi connectivity index (χ1) is 15.5. The van der Waals surface area contributed by atoms with Gasteiger partial charge in [-0.3, -0.25) is 9.59 Å². The molecule has 2 heterocycles. The van der Waals surface area contributed by atoms with Crippen molar-refractivity contribution in [3.05, 3.63) is 56.4 Å². The fourth-order valence-electron chi connectivity index (χ4n) is 3.86. The molecule has 3 aromatic rings. The quantitative estimate of drug-likeness (QED) is 0.470. The van der Waals surface area contributed by atoms with Crippen molar-refractivity contribution < 1.29 is 9.53 Å². The van der Waals surface area contributed by atoms with Crippen LogP contribution in [0.25, 0.3) is 10.2 Å². The average molecular weight is 472 g/mol. The number of hydrogen-bond acceptors (Lipinski definition) is 6. The number of thioether (sulfide) groups is 1. The normalized spacial score (nSPS) is 13.2. The van der Waals surface area contributed by atoms with Gasteiger partial charge in [-0.25, -0.2) is 4.98 Å². The third-order valence-electron chi connectivity index (χ3n) is 5.72. The molecule has 4 rings (SSSR count). The number of nitrogens with zero attached hydrogens (tertiary/aromatic N) is 2. The maximum atomic E-state index is 12.6. The summed E-state index contributed by atoms with van der Waals surface area (Å²) in [4.78, 5) is 36.5. The summed E-state index contributed by atoms with van der Waals surface area (Å²) in [7, 11) is 1.80. The lowest BCUT2D eigenvalue weighted by Gasteiger charge is -2.17. The smallest absolute Gasteiger partial charge is 0.259 e. The van der Waals surface area contributed by atoms with Crippen LogP contribution in [-0.2, 0) is 23.4 Å². The van der Waals surface area contributed by atoms with Gasteiger partial charge in [0.05, 0.1) is 17.7 Å². The minimum absolute atomic E-state index is 0.0191. The van der Waals surface area contributed by atoms with Gasteiger partial charge in [-0.2, -0.15) is 11.8 Å². The molecule has 1 amide bonds. The van der Waals surface area contributed by atoms with Crippen LogP contribution < -0.4 is 10.3 Å². The highest BCUT2D eigenvalue weighted by Crippen LogP contribution is 2.33. The number of fused-ring (bicyclic) bond motifs is 3. The first-order valence-corrected chi connectivity index (χ1v) is 13.0. The van der Waals surface area contributed by atoms with Crippen molar-refractivity contribution in [1.29, 1.82) is 0 Å². The lowest BCUT2D eigenvalue weighted by atomic mass is 9.97. The Morgan fingerprint density at radius 1 is 1.25 bits per heavy atom. The van der Waals surface area contributed by atoms with E-state index in [1.54, 1.807) is 35.0 Å². The molecule has 170 valence electrons. The van der Waals surface area contributed by atoms with Crippen LogP contribution in [0.5, 0.6) is 5.75 Å². The molecule has 1 aliphatic rings. The molecule has 0 bridgehead atoms. The van der Waals surface area contributed by atoms with Gasteiger partial charge in [0.1, 0.15) is 23.0 Å². The largest absolute Gasteiger partial charge is 0.492 e. The second kappa shape index (κ2) is 10.5. The van der Waals surface area contributed by atoms with Gasteiger partial charge in [0, 0.05) is 24.1 Å². The van der Waals surface area contributed by atoms with Crippen LogP contribution in [0.2, 0.25) is 0 Å². The van der Waals surface area contributed by atoms with Crippen molar-refractivity contribution >= 4 is 39.2 Å². The van der Waals surface area contributed by atoms with Crippen molar-refractivity contribution in [2.75, 3.05) is 26.0 Å². The van der Waals surface area contributed by atoms with E-state index in [4.69, 9.17) is 9.72 Å². The molecule has 32 heavy (non-hydrogen) atoms. The number of thiophene rings is 1. The zero-order valence-corrected chi connectivity index (χ0v) is 20.2. The third-order valence-corrected chi connectivity index (χ3v) is 7.87. The molecule has 0 saturated carbocycles. The molecule has 1 N–H and O–H groups in total. The minimum Gasteiger partial charge on any atom is -0.492 e. The Morgan fingerprint density at radius 2 is 2.03 bits per heavy atom. The molecular formula is C24H29N3O3S2. The SMILES string of the molecule is Cc1ccc(OCCN(C)C(=O)CCSCc2nc3sc4c(c3c(=O)[nH]2)CCCC4)cc1. The Labute approximate surface area is 196 Å². The predicted octanol–water partition coefficient (Wildman–Crippen LogP) is 4.33. The van der Waals surface area contributed by atoms with Crippen molar-refractivity contribution in [2.24, 2.45) is 0 Å². The highest BCUT2D eigenvalue weighted by molar-refractivity contribution is 7.98. The summed E-state index contributed by atoms with van der Waals surface area (Å²) in [6, 6.07) is 7.89. The van der Waals surface area contributed by atoms with Crippen molar-refractivity contribution in [1.82, 2.24) is 14.9 Å². The molecule has 0 unspecified atom stereocenters. The molecule has 8 heteroatoms. The number of rotatable bonds is 9. The van der Waals surface area contributed by atoms with Gasteiger partial charge in [-0.05, 0) is 50.3 Å².